The van der Waals surface area contributed by atoms with Crippen molar-refractivity contribution < 1.29 is 14.7 Å². The molecule has 0 aliphatic rings. The third kappa shape index (κ3) is 3.83. The average Bonchev–Trinajstić information content (AvgIpc) is 3.23. The van der Waals surface area contributed by atoms with Crippen molar-refractivity contribution >= 4 is 56.2 Å². The number of amides is 2. The number of aromatic nitrogens is 4. The lowest BCUT2D eigenvalue weighted by Gasteiger charge is -2.01. The largest absolute Gasteiger partial charge is 0.465 e. The van der Waals surface area contributed by atoms with Gasteiger partial charge in [-0.05, 0) is 24.3 Å². The number of rotatable bonds is 5. The minimum absolute atomic E-state index is 0.325. The molecule has 0 saturated carbocycles. The molecule has 0 atom stereocenters. The van der Waals surface area contributed by atoms with Gasteiger partial charge in [0.05, 0.1) is 16.4 Å². The summed E-state index contributed by atoms with van der Waals surface area (Å²) in [7, 11) is 0. The average molecular weight is 400 g/mol. The van der Waals surface area contributed by atoms with Crippen LogP contribution in [0.15, 0.2) is 52.8 Å². The summed E-state index contributed by atoms with van der Waals surface area (Å²) in [6.07, 6.45) is 4.12. The Kier molecular flexibility index (Phi) is 4.60. The molecule has 4 rings (SSSR count). The maximum absolute atomic E-state index is 11.7. The molecule has 0 spiro atoms. The van der Waals surface area contributed by atoms with E-state index in [1.54, 1.807) is 24.2 Å². The number of nitrogens with zero attached hydrogens (tertiary/aromatic N) is 4. The van der Waals surface area contributed by atoms with Gasteiger partial charge in [-0.15, -0.1) is 0 Å². The number of benzene rings is 1. The molecule has 2 amide bonds. The maximum Gasteiger partial charge on any atom is 0.405 e. The number of carbonyl (C=O) groups is 2. The van der Waals surface area contributed by atoms with Crippen LogP contribution in [-0.4, -0.2) is 43.0 Å². The van der Waals surface area contributed by atoms with Gasteiger partial charge in [0.15, 0.2) is 5.13 Å². The van der Waals surface area contributed by atoms with E-state index in [-0.39, 0.29) is 6.54 Å². The summed E-state index contributed by atoms with van der Waals surface area (Å²) in [6, 6.07) is 7.65. The lowest BCUT2D eigenvalue weighted by molar-refractivity contribution is -0.115. The highest BCUT2D eigenvalue weighted by molar-refractivity contribution is 7.99. The topological polar surface area (TPSA) is 122 Å². The first-order chi connectivity index (χ1) is 13.1. The van der Waals surface area contributed by atoms with Crippen LogP contribution in [0.3, 0.4) is 0 Å². The summed E-state index contributed by atoms with van der Waals surface area (Å²) < 4.78 is 2.82. The first-order valence-electron chi connectivity index (χ1n) is 7.72. The van der Waals surface area contributed by atoms with Crippen LogP contribution in [0.1, 0.15) is 0 Å². The Balaban J connectivity index is 1.52. The van der Waals surface area contributed by atoms with E-state index in [1.807, 2.05) is 40.2 Å². The molecule has 11 heteroatoms. The van der Waals surface area contributed by atoms with Gasteiger partial charge in [0.2, 0.25) is 11.7 Å². The lowest BCUT2D eigenvalue weighted by Crippen LogP contribution is -2.31. The Morgan fingerprint density at radius 2 is 2.19 bits per heavy atom. The molecule has 4 aromatic rings. The number of carbonyl (C=O) groups excluding carboxylic acids is 1. The van der Waals surface area contributed by atoms with E-state index in [0.29, 0.717) is 10.9 Å². The molecule has 9 nitrogen and oxygen atoms in total. The van der Waals surface area contributed by atoms with Gasteiger partial charge < -0.3 is 15.7 Å². The van der Waals surface area contributed by atoms with Crippen LogP contribution in [0, 0.1) is 0 Å². The number of hydrogen-bond donors (Lipinski definition) is 3. The fourth-order valence-corrected chi connectivity index (χ4v) is 4.24. The molecule has 0 radical (unpaired) electrons. The van der Waals surface area contributed by atoms with Crippen molar-refractivity contribution in [3.8, 4) is 0 Å². The van der Waals surface area contributed by atoms with E-state index < -0.39 is 12.0 Å². The predicted octanol–water partition coefficient (Wildman–Crippen LogP) is 2.70. The zero-order valence-electron chi connectivity index (χ0n) is 13.6. The number of imidazole rings is 1. The number of hydrogen-bond acceptors (Lipinski definition) is 7. The van der Waals surface area contributed by atoms with Crippen molar-refractivity contribution in [3.05, 3.63) is 42.9 Å². The molecule has 0 aliphatic carbocycles. The van der Waals surface area contributed by atoms with E-state index >= 15 is 0 Å². The number of nitrogens with one attached hydrogen (secondary N) is 2. The van der Waals surface area contributed by atoms with Crippen LogP contribution < -0.4 is 10.6 Å². The number of carboxylic acid groups (broad SMARTS) is 1. The Labute approximate surface area is 160 Å². The second kappa shape index (κ2) is 7.21. The second-order valence-corrected chi connectivity index (χ2v) is 7.47. The van der Waals surface area contributed by atoms with Crippen LogP contribution in [0.25, 0.3) is 16.0 Å². The van der Waals surface area contributed by atoms with Crippen molar-refractivity contribution in [3.63, 3.8) is 0 Å². The first kappa shape index (κ1) is 17.2. The number of anilines is 1. The highest BCUT2D eigenvalue weighted by atomic mass is 32.2. The van der Waals surface area contributed by atoms with Gasteiger partial charge in [-0.1, -0.05) is 23.1 Å². The summed E-state index contributed by atoms with van der Waals surface area (Å²) in [4.78, 5) is 36.0. The van der Waals surface area contributed by atoms with E-state index in [1.165, 1.54) is 11.3 Å². The molecular weight excluding hydrogens is 388 g/mol. The first-order valence-corrected chi connectivity index (χ1v) is 9.35. The van der Waals surface area contributed by atoms with Gasteiger partial charge in [0.25, 0.3) is 0 Å². The molecule has 27 heavy (non-hydrogen) atoms. The van der Waals surface area contributed by atoms with Crippen LogP contribution >= 0.6 is 23.1 Å². The molecule has 3 aromatic heterocycles. The van der Waals surface area contributed by atoms with Crippen molar-refractivity contribution in [2.24, 2.45) is 0 Å². The highest BCUT2D eigenvalue weighted by Gasteiger charge is 2.11. The molecule has 0 saturated heterocycles. The Morgan fingerprint density at radius 1 is 1.30 bits per heavy atom. The highest BCUT2D eigenvalue weighted by Crippen LogP contribution is 2.33. The van der Waals surface area contributed by atoms with Gasteiger partial charge >= 0.3 is 6.09 Å². The normalized spacial score (nSPS) is 11.0. The number of fused-ring (bicyclic) bond motifs is 2. The quantitative estimate of drug-likeness (QED) is 0.471. The zero-order chi connectivity index (χ0) is 18.8. The Morgan fingerprint density at radius 3 is 3.04 bits per heavy atom. The van der Waals surface area contributed by atoms with Crippen molar-refractivity contribution in [2.45, 2.75) is 9.92 Å². The van der Waals surface area contributed by atoms with Crippen LogP contribution in [0.5, 0.6) is 0 Å². The molecule has 1 aromatic carbocycles. The fraction of sp³-hybridized carbons (Fsp3) is 0.0625. The van der Waals surface area contributed by atoms with E-state index in [9.17, 15) is 9.59 Å². The smallest absolute Gasteiger partial charge is 0.405 e. The van der Waals surface area contributed by atoms with Crippen molar-refractivity contribution in [1.29, 1.82) is 0 Å². The summed E-state index contributed by atoms with van der Waals surface area (Å²) in [5.41, 5.74) is 0.755. The minimum atomic E-state index is -1.25. The third-order valence-electron chi connectivity index (χ3n) is 3.48. The van der Waals surface area contributed by atoms with Crippen LogP contribution in [0.2, 0.25) is 0 Å². The Hall–Kier alpha value is -3.18. The molecule has 3 heterocycles. The van der Waals surface area contributed by atoms with E-state index in [4.69, 9.17) is 5.11 Å². The summed E-state index contributed by atoms with van der Waals surface area (Å²) in [6.45, 7) is -0.325. The molecule has 136 valence electrons. The van der Waals surface area contributed by atoms with Gasteiger partial charge in [-0.2, -0.15) is 0 Å². The standard InChI is InChI=1S/C16H12N6O3S2/c23-12(7-19-16(24)25)21-15-20-10-3-2-9(6-11(10)27-15)26-13-8-18-14-17-4-1-5-22(13)14/h1-6,8,19H,7H2,(H,24,25)(H,20,21,23). The van der Waals surface area contributed by atoms with Crippen molar-refractivity contribution in [1.82, 2.24) is 24.7 Å². The van der Waals surface area contributed by atoms with Gasteiger partial charge in [-0.3, -0.25) is 9.20 Å². The summed E-state index contributed by atoms with van der Waals surface area (Å²) in [5, 5.41) is 14.5. The van der Waals surface area contributed by atoms with Gasteiger partial charge in [-0.25, -0.2) is 19.7 Å². The maximum atomic E-state index is 11.7. The van der Waals surface area contributed by atoms with E-state index in [0.717, 1.165) is 20.1 Å². The predicted molar refractivity (Wildman–Crippen MR) is 101 cm³/mol. The summed E-state index contributed by atoms with van der Waals surface area (Å²) in [5.74, 6) is 0.170. The molecule has 0 aliphatic heterocycles. The SMILES string of the molecule is O=C(O)NCC(=O)Nc1nc2ccc(Sc3cnc4ncccn34)cc2s1. The Bertz CT molecular complexity index is 1160. The number of thiazole rings is 1. The zero-order valence-corrected chi connectivity index (χ0v) is 15.3. The fourth-order valence-electron chi connectivity index (χ4n) is 2.34. The lowest BCUT2D eigenvalue weighted by atomic mass is 10.3. The monoisotopic (exact) mass is 400 g/mol. The molecule has 3 N–H and O–H groups in total. The van der Waals surface area contributed by atoms with Gasteiger partial charge in [0.1, 0.15) is 11.6 Å². The summed E-state index contributed by atoms with van der Waals surface area (Å²) >= 11 is 2.87. The van der Waals surface area contributed by atoms with Crippen LogP contribution in [-0.2, 0) is 4.79 Å². The molecule has 0 unspecified atom stereocenters. The van der Waals surface area contributed by atoms with Crippen molar-refractivity contribution in [2.75, 3.05) is 11.9 Å². The minimum Gasteiger partial charge on any atom is -0.465 e. The third-order valence-corrected chi connectivity index (χ3v) is 5.42. The molecule has 0 fully saturated rings. The second-order valence-electron chi connectivity index (χ2n) is 5.34. The van der Waals surface area contributed by atoms with Gasteiger partial charge in [0, 0.05) is 17.3 Å². The van der Waals surface area contributed by atoms with E-state index in [2.05, 4.69) is 20.3 Å². The van der Waals surface area contributed by atoms with Crippen LogP contribution in [0.4, 0.5) is 9.93 Å². The molecular formula is C16H12N6O3S2. The molecule has 0 bridgehead atoms.